The van der Waals surface area contributed by atoms with Crippen LogP contribution in [0.3, 0.4) is 0 Å². The highest BCUT2D eigenvalue weighted by Gasteiger charge is 2.13. The van der Waals surface area contributed by atoms with Crippen LogP contribution in [0.4, 0.5) is 17.5 Å². The summed E-state index contributed by atoms with van der Waals surface area (Å²) in [7, 11) is -2.06. The van der Waals surface area contributed by atoms with E-state index >= 15 is 0 Å². The number of aliphatic hydroxyl groups is 1. The maximum Gasteiger partial charge on any atom is 0.238 e. The first kappa shape index (κ1) is 17.1. The minimum atomic E-state index is -3.81. The van der Waals surface area contributed by atoms with Crippen LogP contribution in [0.1, 0.15) is 0 Å². The summed E-state index contributed by atoms with van der Waals surface area (Å²) in [4.78, 5) is 8.73. The van der Waals surface area contributed by atoms with E-state index in [9.17, 15) is 8.42 Å². The van der Waals surface area contributed by atoms with E-state index in [0.29, 0.717) is 29.1 Å². The number of nitrogens with one attached hydrogen (secondary N) is 2. The molecule has 25 heavy (non-hydrogen) atoms. The van der Waals surface area contributed by atoms with Crippen LogP contribution in [0.15, 0.2) is 35.4 Å². The van der Waals surface area contributed by atoms with Crippen LogP contribution in [-0.4, -0.2) is 46.4 Å². The monoisotopic (exact) mass is 363 g/mol. The summed E-state index contributed by atoms with van der Waals surface area (Å²) in [6.07, 6.45) is 1.63. The summed E-state index contributed by atoms with van der Waals surface area (Å²) in [5.41, 5.74) is 1.06. The van der Waals surface area contributed by atoms with Gasteiger partial charge in [-0.25, -0.2) is 13.6 Å². The third kappa shape index (κ3) is 3.68. The molecular formula is C14H17N7O3S. The normalized spacial score (nSPS) is 11.6. The van der Waals surface area contributed by atoms with Crippen molar-refractivity contribution in [3.05, 3.63) is 30.5 Å². The summed E-state index contributed by atoms with van der Waals surface area (Å²) in [5.74, 6) is 0.764. The molecule has 10 nitrogen and oxygen atoms in total. The molecule has 0 spiro atoms. The number of aryl methyl sites for hydroxylation is 1. The van der Waals surface area contributed by atoms with E-state index in [1.807, 2.05) is 0 Å². The molecule has 3 rings (SSSR count). The van der Waals surface area contributed by atoms with Crippen molar-refractivity contribution in [2.45, 2.75) is 4.90 Å². The first-order valence-electron chi connectivity index (χ1n) is 7.33. The molecule has 3 aromatic rings. The highest BCUT2D eigenvalue weighted by Crippen LogP contribution is 2.23. The Hall–Kier alpha value is -2.76. The Labute approximate surface area is 143 Å². The van der Waals surface area contributed by atoms with Gasteiger partial charge < -0.3 is 15.7 Å². The lowest BCUT2D eigenvalue weighted by Crippen LogP contribution is -2.12. The van der Waals surface area contributed by atoms with Crippen molar-refractivity contribution >= 4 is 38.5 Å². The average molecular weight is 363 g/mol. The van der Waals surface area contributed by atoms with Crippen LogP contribution in [0, 0.1) is 0 Å². The van der Waals surface area contributed by atoms with Gasteiger partial charge in [-0.05, 0) is 18.2 Å². The smallest absolute Gasteiger partial charge is 0.238 e. The zero-order valence-corrected chi connectivity index (χ0v) is 14.2. The fraction of sp³-hybridized carbons (Fsp3) is 0.214. The minimum absolute atomic E-state index is 0.0160. The van der Waals surface area contributed by atoms with Crippen LogP contribution >= 0.6 is 0 Å². The first-order valence-corrected chi connectivity index (χ1v) is 8.87. The third-order valence-corrected chi connectivity index (χ3v) is 4.33. The number of nitrogens with zero attached hydrogens (tertiary/aromatic N) is 4. The van der Waals surface area contributed by atoms with Gasteiger partial charge in [-0.15, -0.1) is 0 Å². The van der Waals surface area contributed by atoms with Gasteiger partial charge in [-0.3, -0.25) is 4.68 Å². The highest BCUT2D eigenvalue weighted by atomic mass is 32.2. The summed E-state index contributed by atoms with van der Waals surface area (Å²) >= 11 is 0. The topological polar surface area (TPSA) is 148 Å². The zero-order chi connectivity index (χ0) is 18.0. The molecule has 0 saturated heterocycles. The van der Waals surface area contributed by atoms with Gasteiger partial charge in [0.25, 0.3) is 0 Å². The van der Waals surface area contributed by atoms with Crippen LogP contribution in [0.25, 0.3) is 11.0 Å². The third-order valence-electron chi connectivity index (χ3n) is 3.42. The van der Waals surface area contributed by atoms with Crippen molar-refractivity contribution in [1.82, 2.24) is 19.7 Å². The van der Waals surface area contributed by atoms with Crippen molar-refractivity contribution in [3.63, 3.8) is 0 Å². The van der Waals surface area contributed by atoms with Crippen molar-refractivity contribution in [2.24, 2.45) is 12.2 Å². The van der Waals surface area contributed by atoms with Crippen molar-refractivity contribution in [2.75, 3.05) is 23.8 Å². The van der Waals surface area contributed by atoms with Gasteiger partial charge in [0.05, 0.1) is 23.1 Å². The van der Waals surface area contributed by atoms with Crippen molar-refractivity contribution < 1.29 is 13.5 Å². The number of benzene rings is 1. The van der Waals surface area contributed by atoms with E-state index < -0.39 is 10.0 Å². The number of hydrogen-bond donors (Lipinski definition) is 4. The van der Waals surface area contributed by atoms with Gasteiger partial charge in [0, 0.05) is 19.3 Å². The molecule has 11 heteroatoms. The van der Waals surface area contributed by atoms with Gasteiger partial charge in [0.2, 0.25) is 16.0 Å². The molecule has 0 aliphatic carbocycles. The molecule has 0 radical (unpaired) electrons. The standard InChI is InChI=1S/C14H17N7O3S/c1-21-13-11(8-17-21)12(16-5-6-22)19-14(20-13)18-9-3-2-4-10(7-9)25(15,23)24/h2-4,7-8,22H,5-6H2,1H3,(H2,15,23,24)(H2,16,18,19,20). The minimum Gasteiger partial charge on any atom is -0.395 e. The number of hydrogen-bond acceptors (Lipinski definition) is 8. The van der Waals surface area contributed by atoms with E-state index in [0.717, 1.165) is 0 Å². The maximum absolute atomic E-state index is 11.5. The molecule has 5 N–H and O–H groups in total. The predicted octanol–water partition coefficient (Wildman–Crippen LogP) is 0.158. The molecule has 2 heterocycles. The van der Waals surface area contributed by atoms with Crippen LogP contribution in [0.5, 0.6) is 0 Å². The quantitative estimate of drug-likeness (QED) is 0.484. The Bertz CT molecular complexity index is 1020. The number of nitrogens with two attached hydrogens (primary N) is 1. The molecule has 0 fully saturated rings. The fourth-order valence-corrected chi connectivity index (χ4v) is 2.83. The largest absolute Gasteiger partial charge is 0.395 e. The van der Waals surface area contributed by atoms with Gasteiger partial charge >= 0.3 is 0 Å². The summed E-state index contributed by atoms with van der Waals surface area (Å²) < 4.78 is 24.5. The summed E-state index contributed by atoms with van der Waals surface area (Å²) in [6, 6.07) is 6.04. The molecular weight excluding hydrogens is 346 g/mol. The number of aromatic nitrogens is 4. The lowest BCUT2D eigenvalue weighted by molar-refractivity contribution is 0.311. The highest BCUT2D eigenvalue weighted by molar-refractivity contribution is 7.89. The Morgan fingerprint density at radius 2 is 2.12 bits per heavy atom. The van der Waals surface area contributed by atoms with Crippen molar-refractivity contribution in [1.29, 1.82) is 0 Å². The Morgan fingerprint density at radius 1 is 1.32 bits per heavy atom. The Balaban J connectivity index is 2.00. The lowest BCUT2D eigenvalue weighted by atomic mass is 10.3. The molecule has 132 valence electrons. The van der Waals surface area contributed by atoms with Gasteiger partial charge in [-0.1, -0.05) is 6.07 Å². The second-order valence-electron chi connectivity index (χ2n) is 5.25. The molecule has 0 saturated carbocycles. The van der Waals surface area contributed by atoms with Crippen LogP contribution in [-0.2, 0) is 17.1 Å². The van der Waals surface area contributed by atoms with Gasteiger partial charge in [0.15, 0.2) is 5.65 Å². The van der Waals surface area contributed by atoms with Gasteiger partial charge in [-0.2, -0.15) is 15.1 Å². The molecule has 0 bridgehead atoms. The van der Waals surface area contributed by atoms with Gasteiger partial charge in [0.1, 0.15) is 5.82 Å². The van der Waals surface area contributed by atoms with E-state index in [2.05, 4.69) is 25.7 Å². The first-order chi connectivity index (χ1) is 11.9. The molecule has 0 atom stereocenters. The molecule has 2 aromatic heterocycles. The molecule has 1 aromatic carbocycles. The number of primary sulfonamides is 1. The molecule has 0 unspecified atom stereocenters. The number of rotatable bonds is 6. The van der Waals surface area contributed by atoms with Crippen LogP contribution < -0.4 is 15.8 Å². The second-order valence-corrected chi connectivity index (χ2v) is 6.81. The van der Waals surface area contributed by atoms with E-state index in [4.69, 9.17) is 10.2 Å². The van der Waals surface area contributed by atoms with E-state index in [1.165, 1.54) is 12.1 Å². The van der Waals surface area contributed by atoms with E-state index in [1.54, 1.807) is 30.1 Å². The fourth-order valence-electron chi connectivity index (χ4n) is 2.27. The summed E-state index contributed by atoms with van der Waals surface area (Å²) in [6.45, 7) is 0.270. The van der Waals surface area contributed by atoms with E-state index in [-0.39, 0.29) is 17.5 Å². The Kier molecular flexibility index (Phi) is 4.53. The Morgan fingerprint density at radius 3 is 2.84 bits per heavy atom. The molecule has 0 aliphatic rings. The number of anilines is 3. The molecule has 0 aliphatic heterocycles. The second kappa shape index (κ2) is 6.63. The number of sulfonamides is 1. The van der Waals surface area contributed by atoms with Crippen LogP contribution in [0.2, 0.25) is 0 Å². The summed E-state index contributed by atoms with van der Waals surface area (Å²) in [5, 5.41) is 25.0. The average Bonchev–Trinajstić information content (AvgIpc) is 2.94. The molecule has 0 amide bonds. The lowest BCUT2D eigenvalue weighted by Gasteiger charge is -2.10. The predicted molar refractivity (Wildman–Crippen MR) is 93.0 cm³/mol. The SMILES string of the molecule is Cn1ncc2c(NCCO)nc(Nc3cccc(S(N)(=O)=O)c3)nc21. The number of fused-ring (bicyclic) bond motifs is 1. The van der Waals surface area contributed by atoms with Crippen molar-refractivity contribution in [3.8, 4) is 0 Å². The number of aliphatic hydroxyl groups excluding tert-OH is 1. The maximum atomic E-state index is 11.5. The zero-order valence-electron chi connectivity index (χ0n) is 13.3.